The molecule has 2 rings (SSSR count). The van der Waals surface area contributed by atoms with E-state index in [1.165, 1.54) is 0 Å². The van der Waals surface area contributed by atoms with Crippen LogP contribution in [0.15, 0.2) is 18.5 Å². The Balaban J connectivity index is 2.24. The van der Waals surface area contributed by atoms with Crippen LogP contribution in [0.4, 0.5) is 5.69 Å². The van der Waals surface area contributed by atoms with Gasteiger partial charge in [-0.1, -0.05) is 6.92 Å². The normalized spacial score (nSPS) is 19.4. The van der Waals surface area contributed by atoms with Crippen molar-refractivity contribution in [3.05, 3.63) is 24.0 Å². The molecule has 1 aromatic heterocycles. The van der Waals surface area contributed by atoms with Crippen molar-refractivity contribution in [1.29, 1.82) is 0 Å². The van der Waals surface area contributed by atoms with Crippen LogP contribution in [0.25, 0.3) is 0 Å². The molecule has 5 heteroatoms. The Labute approximate surface area is 101 Å². The van der Waals surface area contributed by atoms with Crippen molar-refractivity contribution in [3.8, 4) is 0 Å². The number of carbonyl (C=O) groups excluding carboxylic acids is 1. The molecule has 1 saturated heterocycles. The van der Waals surface area contributed by atoms with Gasteiger partial charge in [0.2, 0.25) is 0 Å². The summed E-state index contributed by atoms with van der Waals surface area (Å²) in [6.07, 6.45) is 6.36. The Bertz CT molecular complexity index is 407. The second-order valence-corrected chi connectivity index (χ2v) is 4.27. The largest absolute Gasteiger partial charge is 0.336 e. The van der Waals surface area contributed by atoms with E-state index in [1.807, 2.05) is 4.90 Å². The summed E-state index contributed by atoms with van der Waals surface area (Å²) < 4.78 is 0. The Morgan fingerprint density at radius 3 is 3.24 bits per heavy atom. The fraction of sp³-hybridized carbons (Fsp3) is 0.500. The molecule has 1 amide bonds. The average molecular weight is 234 g/mol. The average Bonchev–Trinajstić information content (AvgIpc) is 2.86. The van der Waals surface area contributed by atoms with Crippen molar-refractivity contribution in [2.75, 3.05) is 12.0 Å². The van der Waals surface area contributed by atoms with Gasteiger partial charge >= 0.3 is 0 Å². The van der Waals surface area contributed by atoms with E-state index >= 15 is 0 Å². The van der Waals surface area contributed by atoms with E-state index in [1.54, 1.807) is 18.5 Å². The first kappa shape index (κ1) is 11.9. The van der Waals surface area contributed by atoms with Crippen LogP contribution in [0.1, 0.15) is 36.5 Å². The van der Waals surface area contributed by atoms with E-state index in [0.29, 0.717) is 17.3 Å². The van der Waals surface area contributed by atoms with Crippen LogP contribution >= 0.6 is 0 Å². The maximum Gasteiger partial charge on any atom is 0.257 e. The van der Waals surface area contributed by atoms with Crippen molar-refractivity contribution in [1.82, 2.24) is 9.88 Å². The van der Waals surface area contributed by atoms with Crippen molar-refractivity contribution in [3.63, 3.8) is 0 Å². The fourth-order valence-electron chi connectivity index (χ4n) is 2.37. The second-order valence-electron chi connectivity index (χ2n) is 4.27. The molecular formula is C12H18N4O. The molecule has 0 aromatic carbocycles. The monoisotopic (exact) mass is 234 g/mol. The highest BCUT2D eigenvalue weighted by Crippen LogP contribution is 2.24. The number of nitrogens with zero attached hydrogens (tertiary/aromatic N) is 2. The zero-order valence-corrected chi connectivity index (χ0v) is 10.0. The maximum absolute atomic E-state index is 12.4. The van der Waals surface area contributed by atoms with Gasteiger partial charge in [0.25, 0.3) is 5.91 Å². The minimum absolute atomic E-state index is 0.0235. The number of nitrogens with two attached hydrogens (primary N) is 1. The van der Waals surface area contributed by atoms with Gasteiger partial charge in [0.1, 0.15) is 0 Å². The first-order valence-electron chi connectivity index (χ1n) is 5.99. The Morgan fingerprint density at radius 1 is 1.71 bits per heavy atom. The quantitative estimate of drug-likeness (QED) is 0.612. The molecule has 1 atom stereocenters. The van der Waals surface area contributed by atoms with Crippen LogP contribution in [-0.2, 0) is 0 Å². The molecule has 3 N–H and O–H groups in total. The van der Waals surface area contributed by atoms with Gasteiger partial charge in [0.15, 0.2) is 0 Å². The molecule has 17 heavy (non-hydrogen) atoms. The van der Waals surface area contributed by atoms with Crippen molar-refractivity contribution < 1.29 is 4.79 Å². The van der Waals surface area contributed by atoms with Gasteiger partial charge in [-0.3, -0.25) is 15.6 Å². The van der Waals surface area contributed by atoms with E-state index in [-0.39, 0.29) is 5.91 Å². The first-order chi connectivity index (χ1) is 8.27. The lowest BCUT2D eigenvalue weighted by Crippen LogP contribution is -2.35. The van der Waals surface area contributed by atoms with E-state index in [2.05, 4.69) is 17.3 Å². The summed E-state index contributed by atoms with van der Waals surface area (Å²) in [5.74, 6) is 5.43. The zero-order valence-electron chi connectivity index (χ0n) is 10.0. The van der Waals surface area contributed by atoms with Gasteiger partial charge in [-0.2, -0.15) is 0 Å². The third kappa shape index (κ3) is 2.24. The fourth-order valence-corrected chi connectivity index (χ4v) is 2.37. The predicted molar refractivity (Wildman–Crippen MR) is 66.4 cm³/mol. The number of hydrazine groups is 1. The number of nitrogen functional groups attached to an aromatic ring is 1. The minimum atomic E-state index is 0.0235. The van der Waals surface area contributed by atoms with Crippen molar-refractivity contribution in [2.24, 2.45) is 5.84 Å². The van der Waals surface area contributed by atoms with Crippen LogP contribution < -0.4 is 11.3 Å². The van der Waals surface area contributed by atoms with Gasteiger partial charge in [-0.15, -0.1) is 0 Å². The van der Waals surface area contributed by atoms with Gasteiger partial charge in [0, 0.05) is 25.0 Å². The zero-order chi connectivity index (χ0) is 12.3. The van der Waals surface area contributed by atoms with Crippen LogP contribution in [-0.4, -0.2) is 28.4 Å². The highest BCUT2D eigenvalue weighted by Gasteiger charge is 2.29. The van der Waals surface area contributed by atoms with Crippen molar-refractivity contribution >= 4 is 11.6 Å². The number of hydrogen-bond acceptors (Lipinski definition) is 4. The summed E-state index contributed by atoms with van der Waals surface area (Å²) in [7, 11) is 0. The van der Waals surface area contributed by atoms with E-state index in [9.17, 15) is 4.79 Å². The molecule has 92 valence electrons. The number of rotatable bonds is 3. The summed E-state index contributed by atoms with van der Waals surface area (Å²) >= 11 is 0. The standard InChI is InChI=1S/C12H18N4O/c1-2-9-4-3-7-16(9)12(17)10-8-14-6-5-11(10)15-13/h5-6,8-9H,2-4,7,13H2,1H3,(H,14,15). The second kappa shape index (κ2) is 5.14. The van der Waals surface area contributed by atoms with Gasteiger partial charge in [-0.25, -0.2) is 0 Å². The Hall–Kier alpha value is -1.62. The molecule has 1 aromatic rings. The Morgan fingerprint density at radius 2 is 2.53 bits per heavy atom. The third-order valence-electron chi connectivity index (χ3n) is 3.32. The molecule has 1 unspecified atom stereocenters. The number of likely N-dealkylation sites (tertiary alicyclic amines) is 1. The molecule has 1 aliphatic rings. The van der Waals surface area contributed by atoms with Crippen LogP contribution in [0, 0.1) is 0 Å². The summed E-state index contributed by atoms with van der Waals surface area (Å²) in [6.45, 7) is 2.94. The molecule has 0 bridgehead atoms. The Kier molecular flexibility index (Phi) is 3.58. The number of hydrogen-bond donors (Lipinski definition) is 2. The number of pyridine rings is 1. The lowest BCUT2D eigenvalue weighted by molar-refractivity contribution is 0.0734. The predicted octanol–water partition coefficient (Wildman–Crippen LogP) is 1.38. The summed E-state index contributed by atoms with van der Waals surface area (Å²) in [6, 6.07) is 2.07. The summed E-state index contributed by atoms with van der Waals surface area (Å²) in [5, 5.41) is 0. The molecule has 0 spiro atoms. The van der Waals surface area contributed by atoms with Crippen LogP contribution in [0.2, 0.25) is 0 Å². The van der Waals surface area contributed by atoms with Crippen LogP contribution in [0.3, 0.4) is 0 Å². The molecule has 2 heterocycles. The molecule has 5 nitrogen and oxygen atoms in total. The van der Waals surface area contributed by atoms with Gasteiger partial charge in [0.05, 0.1) is 11.3 Å². The lowest BCUT2D eigenvalue weighted by atomic mass is 10.1. The smallest absolute Gasteiger partial charge is 0.257 e. The van der Waals surface area contributed by atoms with E-state index in [4.69, 9.17) is 5.84 Å². The summed E-state index contributed by atoms with van der Waals surface area (Å²) in [4.78, 5) is 18.3. The number of amides is 1. The highest BCUT2D eigenvalue weighted by molar-refractivity contribution is 5.99. The maximum atomic E-state index is 12.4. The third-order valence-corrected chi connectivity index (χ3v) is 3.32. The molecule has 0 saturated carbocycles. The number of anilines is 1. The number of carbonyl (C=O) groups is 1. The molecule has 0 aliphatic carbocycles. The molecule has 0 radical (unpaired) electrons. The van der Waals surface area contributed by atoms with Gasteiger partial charge < -0.3 is 10.3 Å². The highest BCUT2D eigenvalue weighted by atomic mass is 16.2. The van der Waals surface area contributed by atoms with Crippen LogP contribution in [0.5, 0.6) is 0 Å². The van der Waals surface area contributed by atoms with Crippen molar-refractivity contribution in [2.45, 2.75) is 32.2 Å². The minimum Gasteiger partial charge on any atom is -0.336 e. The summed E-state index contributed by atoms with van der Waals surface area (Å²) in [5.41, 5.74) is 3.73. The number of aromatic nitrogens is 1. The van der Waals surface area contributed by atoms with E-state index < -0.39 is 0 Å². The topological polar surface area (TPSA) is 71.2 Å². The lowest BCUT2D eigenvalue weighted by Gasteiger charge is -2.24. The first-order valence-corrected chi connectivity index (χ1v) is 5.99. The SMILES string of the molecule is CCC1CCCN1C(=O)c1cnccc1NN. The molecular weight excluding hydrogens is 216 g/mol. The molecule has 1 aliphatic heterocycles. The molecule has 1 fully saturated rings. The number of nitrogens with one attached hydrogen (secondary N) is 1. The van der Waals surface area contributed by atoms with E-state index in [0.717, 1.165) is 25.8 Å². The van der Waals surface area contributed by atoms with Gasteiger partial charge in [-0.05, 0) is 25.3 Å².